The molecule has 0 saturated heterocycles. The number of carbonyl (C=O) groups excluding carboxylic acids is 1. The van der Waals surface area contributed by atoms with Gasteiger partial charge >= 0.3 is 0 Å². The predicted molar refractivity (Wildman–Crippen MR) is 39.1 cm³/mol. The summed E-state index contributed by atoms with van der Waals surface area (Å²) < 4.78 is 0. The van der Waals surface area contributed by atoms with E-state index in [4.69, 9.17) is 0 Å². The molecule has 11 heavy (non-hydrogen) atoms. The molecule has 0 aromatic carbocycles. The topological polar surface area (TPSA) is 54.9 Å². The zero-order valence-corrected chi connectivity index (χ0v) is 6.09. The van der Waals surface area contributed by atoms with Crippen LogP contribution in [0.15, 0.2) is 6.20 Å². The van der Waals surface area contributed by atoms with Gasteiger partial charge in [0.1, 0.15) is 0 Å². The zero-order valence-electron chi connectivity index (χ0n) is 6.09. The molecular formula is C7H7N3O. The fraction of sp³-hybridized carbons (Fsp3) is 0.286. The molecule has 4 heteroatoms. The van der Waals surface area contributed by atoms with E-state index in [9.17, 15) is 4.79 Å². The largest absolute Gasteiger partial charge is 0.309 e. The molecule has 0 fully saturated rings. The molecule has 0 atom stereocenters. The summed E-state index contributed by atoms with van der Waals surface area (Å²) in [5.74, 6) is 0.598. The lowest BCUT2D eigenvalue weighted by atomic mass is 10.3. The van der Waals surface area contributed by atoms with Crippen molar-refractivity contribution in [2.75, 3.05) is 5.32 Å². The molecule has 2 rings (SSSR count). The molecule has 0 radical (unpaired) electrons. The van der Waals surface area contributed by atoms with Gasteiger partial charge in [-0.25, -0.2) is 4.98 Å². The third-order valence-corrected chi connectivity index (χ3v) is 1.55. The number of hydrogen-bond donors (Lipinski definition) is 1. The van der Waals surface area contributed by atoms with Crippen molar-refractivity contribution < 1.29 is 4.79 Å². The summed E-state index contributed by atoms with van der Waals surface area (Å²) in [7, 11) is 0. The van der Waals surface area contributed by atoms with Gasteiger partial charge in [0.15, 0.2) is 5.82 Å². The van der Waals surface area contributed by atoms with Crippen molar-refractivity contribution in [3.8, 4) is 0 Å². The van der Waals surface area contributed by atoms with Crippen molar-refractivity contribution in [3.63, 3.8) is 0 Å². The Morgan fingerprint density at radius 3 is 3.27 bits per heavy atom. The van der Waals surface area contributed by atoms with Gasteiger partial charge < -0.3 is 5.32 Å². The third kappa shape index (κ3) is 0.960. The van der Waals surface area contributed by atoms with Crippen LogP contribution in [0.25, 0.3) is 0 Å². The summed E-state index contributed by atoms with van der Waals surface area (Å²) in [6, 6.07) is 0. The van der Waals surface area contributed by atoms with Gasteiger partial charge in [-0.1, -0.05) is 0 Å². The highest BCUT2D eigenvalue weighted by Crippen LogP contribution is 2.16. The summed E-state index contributed by atoms with van der Waals surface area (Å²) in [6.45, 7) is 1.84. The average Bonchev–Trinajstić information content (AvgIpc) is 2.27. The lowest BCUT2D eigenvalue weighted by Crippen LogP contribution is -2.04. The monoisotopic (exact) mass is 149 g/mol. The van der Waals surface area contributed by atoms with Crippen LogP contribution in [-0.4, -0.2) is 15.9 Å². The molecule has 0 spiro atoms. The maximum Gasteiger partial charge on any atom is 0.231 e. The second kappa shape index (κ2) is 2.02. The highest BCUT2D eigenvalue weighted by Gasteiger charge is 2.19. The Morgan fingerprint density at radius 1 is 1.64 bits per heavy atom. The van der Waals surface area contributed by atoms with Gasteiger partial charge in [-0.2, -0.15) is 0 Å². The van der Waals surface area contributed by atoms with Gasteiger partial charge in [-0.3, -0.25) is 9.78 Å². The van der Waals surface area contributed by atoms with E-state index in [-0.39, 0.29) is 5.91 Å². The van der Waals surface area contributed by atoms with Crippen LogP contribution in [0.2, 0.25) is 0 Å². The number of aryl methyl sites for hydroxylation is 1. The van der Waals surface area contributed by atoms with Crippen molar-refractivity contribution in [2.45, 2.75) is 13.3 Å². The Kier molecular flexibility index (Phi) is 1.15. The minimum Gasteiger partial charge on any atom is -0.309 e. The molecular weight excluding hydrogens is 142 g/mol. The molecule has 1 aliphatic rings. The summed E-state index contributed by atoms with van der Waals surface area (Å²) in [6.07, 6.45) is 2.03. The SMILES string of the molecule is Cc1cnc2c(n1)NC(=O)C2. The standard InChI is InChI=1S/C7H7N3O/c1-4-3-8-5-2-6(11)10-7(5)9-4/h3H,2H2,1H3,(H,9,10,11). The van der Waals surface area contributed by atoms with Gasteiger partial charge in [0.25, 0.3) is 0 Å². The van der Waals surface area contributed by atoms with Crippen LogP contribution < -0.4 is 5.32 Å². The molecule has 0 aliphatic carbocycles. The van der Waals surface area contributed by atoms with Crippen LogP contribution in [0.3, 0.4) is 0 Å². The number of nitrogens with zero attached hydrogens (tertiary/aromatic N) is 2. The lowest BCUT2D eigenvalue weighted by Gasteiger charge is -1.95. The number of rotatable bonds is 0. The number of fused-ring (bicyclic) bond motifs is 1. The molecule has 1 amide bonds. The Balaban J connectivity index is 2.51. The minimum absolute atomic E-state index is 0.0226. The minimum atomic E-state index is -0.0226. The van der Waals surface area contributed by atoms with Crippen LogP contribution in [0.1, 0.15) is 11.4 Å². The molecule has 1 aromatic rings. The number of carbonyl (C=O) groups is 1. The van der Waals surface area contributed by atoms with Gasteiger partial charge in [0.2, 0.25) is 5.91 Å². The van der Waals surface area contributed by atoms with Crippen LogP contribution in [0, 0.1) is 6.92 Å². The first-order chi connectivity index (χ1) is 5.25. The first kappa shape index (κ1) is 6.27. The van der Waals surface area contributed by atoms with E-state index in [0.717, 1.165) is 11.4 Å². The fourth-order valence-electron chi connectivity index (χ4n) is 1.06. The van der Waals surface area contributed by atoms with E-state index in [2.05, 4.69) is 15.3 Å². The maximum absolute atomic E-state index is 10.8. The van der Waals surface area contributed by atoms with Crippen LogP contribution >= 0.6 is 0 Å². The van der Waals surface area contributed by atoms with E-state index in [1.165, 1.54) is 0 Å². The van der Waals surface area contributed by atoms with E-state index in [0.29, 0.717) is 12.2 Å². The third-order valence-electron chi connectivity index (χ3n) is 1.55. The van der Waals surface area contributed by atoms with Gasteiger partial charge in [0.05, 0.1) is 17.8 Å². The number of amides is 1. The highest BCUT2D eigenvalue weighted by atomic mass is 16.1. The summed E-state index contributed by atoms with van der Waals surface area (Å²) in [4.78, 5) is 19.0. The fourth-order valence-corrected chi connectivity index (χ4v) is 1.06. The molecule has 0 bridgehead atoms. The first-order valence-electron chi connectivity index (χ1n) is 3.38. The van der Waals surface area contributed by atoms with Crippen molar-refractivity contribution in [3.05, 3.63) is 17.6 Å². The second-order valence-corrected chi connectivity index (χ2v) is 2.53. The number of nitrogens with one attached hydrogen (secondary N) is 1. The van der Waals surface area contributed by atoms with E-state index in [1.807, 2.05) is 6.92 Å². The molecule has 4 nitrogen and oxygen atoms in total. The van der Waals surface area contributed by atoms with Crippen LogP contribution in [0.4, 0.5) is 5.82 Å². The molecule has 0 unspecified atom stereocenters. The summed E-state index contributed by atoms with van der Waals surface area (Å²) >= 11 is 0. The molecule has 1 N–H and O–H groups in total. The Morgan fingerprint density at radius 2 is 2.45 bits per heavy atom. The van der Waals surface area contributed by atoms with E-state index >= 15 is 0 Å². The Bertz CT molecular complexity index is 321. The highest BCUT2D eigenvalue weighted by molar-refractivity contribution is 5.97. The second-order valence-electron chi connectivity index (χ2n) is 2.53. The molecule has 2 heterocycles. The molecule has 56 valence electrons. The van der Waals surface area contributed by atoms with E-state index < -0.39 is 0 Å². The normalized spacial score (nSPS) is 14.5. The average molecular weight is 149 g/mol. The maximum atomic E-state index is 10.8. The Hall–Kier alpha value is -1.45. The van der Waals surface area contributed by atoms with Crippen molar-refractivity contribution in [1.29, 1.82) is 0 Å². The first-order valence-corrected chi connectivity index (χ1v) is 3.38. The molecule has 1 aliphatic heterocycles. The van der Waals surface area contributed by atoms with Crippen molar-refractivity contribution in [2.24, 2.45) is 0 Å². The van der Waals surface area contributed by atoms with Crippen molar-refractivity contribution >= 4 is 11.7 Å². The number of aromatic nitrogens is 2. The van der Waals surface area contributed by atoms with E-state index in [1.54, 1.807) is 6.20 Å². The predicted octanol–water partition coefficient (Wildman–Crippen LogP) is 0.280. The van der Waals surface area contributed by atoms with Gasteiger partial charge in [-0.15, -0.1) is 0 Å². The van der Waals surface area contributed by atoms with Crippen molar-refractivity contribution in [1.82, 2.24) is 9.97 Å². The number of hydrogen-bond acceptors (Lipinski definition) is 3. The number of anilines is 1. The van der Waals surface area contributed by atoms with Gasteiger partial charge in [0, 0.05) is 6.20 Å². The molecule has 1 aromatic heterocycles. The quantitative estimate of drug-likeness (QED) is 0.576. The van der Waals surface area contributed by atoms with Gasteiger partial charge in [-0.05, 0) is 6.92 Å². The Labute approximate surface area is 63.7 Å². The summed E-state index contributed by atoms with van der Waals surface area (Å²) in [5, 5.41) is 2.63. The molecule has 0 saturated carbocycles. The zero-order chi connectivity index (χ0) is 7.84. The van der Waals surface area contributed by atoms with Crippen LogP contribution in [0.5, 0.6) is 0 Å². The summed E-state index contributed by atoms with van der Waals surface area (Å²) in [5.41, 5.74) is 1.58. The smallest absolute Gasteiger partial charge is 0.231 e. The van der Waals surface area contributed by atoms with Crippen LogP contribution in [-0.2, 0) is 11.2 Å². The lowest BCUT2D eigenvalue weighted by molar-refractivity contribution is -0.115.